The van der Waals surface area contributed by atoms with E-state index in [4.69, 9.17) is 9.47 Å². The molecule has 1 rings (SSSR count). The predicted octanol–water partition coefficient (Wildman–Crippen LogP) is 3.59. The fraction of sp³-hybridized carbons (Fsp3) is 0.941. The number of hydrogen-bond acceptors (Lipinski definition) is 4. The lowest BCUT2D eigenvalue weighted by Gasteiger charge is -2.42. The Balaban J connectivity index is 2.70. The Morgan fingerprint density at radius 3 is 2.09 bits per heavy atom. The summed E-state index contributed by atoms with van der Waals surface area (Å²) in [6, 6.07) is -0.473. The van der Waals surface area contributed by atoms with E-state index >= 15 is 0 Å². The second-order valence-electron chi connectivity index (χ2n) is 8.74. The van der Waals surface area contributed by atoms with Crippen LogP contribution in [0.4, 0.5) is 4.79 Å². The highest BCUT2D eigenvalue weighted by Crippen LogP contribution is 2.44. The molecule has 0 spiro atoms. The van der Waals surface area contributed by atoms with Crippen LogP contribution in [0.1, 0.15) is 74.1 Å². The van der Waals surface area contributed by atoms with Crippen molar-refractivity contribution in [2.75, 3.05) is 0 Å². The molecule has 0 heterocycles. The molecule has 1 aliphatic rings. The standard InChI is InChI=1S/C17H33NO4/c1-15(2,3)21-13(19)12(11-17(7)9-8-10-17)18-14(20)22-16(4,5)6/h12-13,19H,8-11H2,1-7H3,(H,18,20). The van der Waals surface area contributed by atoms with E-state index in [1.165, 1.54) is 6.42 Å². The summed E-state index contributed by atoms with van der Waals surface area (Å²) in [5.74, 6) is 0. The number of alkyl carbamates (subject to hydrolysis) is 1. The largest absolute Gasteiger partial charge is 0.444 e. The van der Waals surface area contributed by atoms with Crippen LogP contribution in [-0.4, -0.2) is 34.7 Å². The number of amides is 1. The number of aliphatic hydroxyl groups is 1. The zero-order chi connectivity index (χ0) is 17.2. The second kappa shape index (κ2) is 6.75. The number of ether oxygens (including phenoxy) is 2. The van der Waals surface area contributed by atoms with Gasteiger partial charge in [-0.15, -0.1) is 0 Å². The molecule has 0 bridgehead atoms. The van der Waals surface area contributed by atoms with Gasteiger partial charge in [0.25, 0.3) is 0 Å². The maximum Gasteiger partial charge on any atom is 0.408 e. The summed E-state index contributed by atoms with van der Waals surface area (Å²) in [5, 5.41) is 13.2. The van der Waals surface area contributed by atoms with Gasteiger partial charge in [0.1, 0.15) is 5.60 Å². The first-order chi connectivity index (χ1) is 9.80. The lowest BCUT2D eigenvalue weighted by molar-refractivity contribution is -0.185. The molecule has 1 aliphatic carbocycles. The van der Waals surface area contributed by atoms with Crippen molar-refractivity contribution >= 4 is 6.09 Å². The molecule has 0 saturated heterocycles. The zero-order valence-corrected chi connectivity index (χ0v) is 15.2. The predicted molar refractivity (Wildman–Crippen MR) is 86.6 cm³/mol. The molecule has 2 N–H and O–H groups in total. The molecule has 0 aromatic carbocycles. The number of hydrogen-bond donors (Lipinski definition) is 2. The lowest BCUT2D eigenvalue weighted by atomic mass is 9.67. The minimum atomic E-state index is -1.05. The molecule has 130 valence electrons. The molecule has 1 fully saturated rings. The zero-order valence-electron chi connectivity index (χ0n) is 15.2. The van der Waals surface area contributed by atoms with E-state index in [2.05, 4.69) is 12.2 Å². The summed E-state index contributed by atoms with van der Waals surface area (Å²) < 4.78 is 10.9. The van der Waals surface area contributed by atoms with Gasteiger partial charge in [0.05, 0.1) is 11.6 Å². The molecule has 0 radical (unpaired) electrons. The van der Waals surface area contributed by atoms with Crippen LogP contribution < -0.4 is 5.32 Å². The van der Waals surface area contributed by atoms with Crippen molar-refractivity contribution in [1.82, 2.24) is 5.32 Å². The molecule has 0 aliphatic heterocycles. The molecule has 0 aromatic heterocycles. The SMILES string of the molecule is CC1(CC(NC(=O)OC(C)(C)C)C(O)OC(C)(C)C)CCC1. The summed E-state index contributed by atoms with van der Waals surface area (Å²) in [5.41, 5.74) is -0.888. The van der Waals surface area contributed by atoms with Crippen molar-refractivity contribution in [3.05, 3.63) is 0 Å². The van der Waals surface area contributed by atoms with Crippen LogP contribution in [0.25, 0.3) is 0 Å². The monoisotopic (exact) mass is 315 g/mol. The van der Waals surface area contributed by atoms with Crippen molar-refractivity contribution in [2.45, 2.75) is 97.7 Å². The summed E-state index contributed by atoms with van der Waals surface area (Å²) in [7, 11) is 0. The summed E-state index contributed by atoms with van der Waals surface area (Å²) in [4.78, 5) is 12.0. The van der Waals surface area contributed by atoms with Gasteiger partial charge in [0.15, 0.2) is 6.29 Å². The van der Waals surface area contributed by atoms with Gasteiger partial charge in [0, 0.05) is 0 Å². The molecule has 1 amide bonds. The van der Waals surface area contributed by atoms with E-state index in [-0.39, 0.29) is 5.41 Å². The first-order valence-corrected chi connectivity index (χ1v) is 8.15. The van der Waals surface area contributed by atoms with Gasteiger partial charge in [-0.05, 0) is 66.2 Å². The van der Waals surface area contributed by atoms with Crippen LogP contribution in [0.3, 0.4) is 0 Å². The second-order valence-corrected chi connectivity index (χ2v) is 8.74. The van der Waals surface area contributed by atoms with Gasteiger partial charge < -0.3 is 19.9 Å². The van der Waals surface area contributed by atoms with E-state index in [1.807, 2.05) is 41.5 Å². The first kappa shape index (κ1) is 19.2. The van der Waals surface area contributed by atoms with E-state index in [0.29, 0.717) is 6.42 Å². The van der Waals surface area contributed by atoms with E-state index in [1.54, 1.807) is 0 Å². The van der Waals surface area contributed by atoms with E-state index in [9.17, 15) is 9.90 Å². The van der Waals surface area contributed by atoms with Crippen LogP contribution in [0.5, 0.6) is 0 Å². The minimum absolute atomic E-state index is 0.155. The topological polar surface area (TPSA) is 67.8 Å². The summed E-state index contributed by atoms with van der Waals surface area (Å²) in [6.07, 6.45) is 2.54. The number of carbonyl (C=O) groups excluding carboxylic acids is 1. The maximum atomic E-state index is 12.0. The molecular formula is C17H33NO4. The van der Waals surface area contributed by atoms with Crippen LogP contribution in [0.15, 0.2) is 0 Å². The van der Waals surface area contributed by atoms with Crippen molar-refractivity contribution in [1.29, 1.82) is 0 Å². The van der Waals surface area contributed by atoms with Crippen LogP contribution >= 0.6 is 0 Å². The quantitative estimate of drug-likeness (QED) is 0.761. The average molecular weight is 315 g/mol. The van der Waals surface area contributed by atoms with Gasteiger partial charge in [-0.3, -0.25) is 0 Å². The van der Waals surface area contributed by atoms with Crippen LogP contribution in [0.2, 0.25) is 0 Å². The van der Waals surface area contributed by atoms with Crippen LogP contribution in [0, 0.1) is 5.41 Å². The van der Waals surface area contributed by atoms with Gasteiger partial charge >= 0.3 is 6.09 Å². The Morgan fingerprint density at radius 2 is 1.73 bits per heavy atom. The molecule has 5 heteroatoms. The molecule has 0 aromatic rings. The third kappa shape index (κ3) is 6.97. The Morgan fingerprint density at radius 1 is 1.18 bits per heavy atom. The van der Waals surface area contributed by atoms with Crippen molar-refractivity contribution < 1.29 is 19.4 Å². The van der Waals surface area contributed by atoms with Gasteiger partial charge in [-0.2, -0.15) is 0 Å². The van der Waals surface area contributed by atoms with Gasteiger partial charge in [-0.25, -0.2) is 4.79 Å². The molecule has 2 atom stereocenters. The van der Waals surface area contributed by atoms with Crippen molar-refractivity contribution in [3.8, 4) is 0 Å². The Hall–Kier alpha value is -0.810. The van der Waals surface area contributed by atoms with Gasteiger partial charge in [-0.1, -0.05) is 13.3 Å². The average Bonchev–Trinajstić information content (AvgIpc) is 2.20. The van der Waals surface area contributed by atoms with Crippen LogP contribution in [-0.2, 0) is 9.47 Å². The highest BCUT2D eigenvalue weighted by atomic mass is 16.6. The normalized spacial score (nSPS) is 20.7. The Labute approximate surface area is 134 Å². The smallest absolute Gasteiger partial charge is 0.408 e. The maximum absolute atomic E-state index is 12.0. The van der Waals surface area contributed by atoms with E-state index in [0.717, 1.165) is 12.8 Å². The highest BCUT2D eigenvalue weighted by Gasteiger charge is 2.38. The molecule has 5 nitrogen and oxygen atoms in total. The van der Waals surface area contributed by atoms with E-state index < -0.39 is 29.6 Å². The number of aliphatic hydroxyl groups excluding tert-OH is 1. The lowest BCUT2D eigenvalue weighted by Crippen LogP contribution is -2.51. The third-order valence-electron chi connectivity index (χ3n) is 3.79. The van der Waals surface area contributed by atoms with Gasteiger partial charge in [0.2, 0.25) is 0 Å². The van der Waals surface area contributed by atoms with Crippen molar-refractivity contribution in [2.24, 2.45) is 5.41 Å². The number of carbonyl (C=O) groups is 1. The molecule has 1 saturated carbocycles. The minimum Gasteiger partial charge on any atom is -0.444 e. The molecule has 22 heavy (non-hydrogen) atoms. The third-order valence-corrected chi connectivity index (χ3v) is 3.79. The fourth-order valence-electron chi connectivity index (χ4n) is 2.64. The molecule has 2 unspecified atom stereocenters. The molecular weight excluding hydrogens is 282 g/mol. The summed E-state index contributed by atoms with van der Waals surface area (Å²) >= 11 is 0. The first-order valence-electron chi connectivity index (χ1n) is 8.15. The fourth-order valence-corrected chi connectivity index (χ4v) is 2.64. The number of rotatable bonds is 5. The summed E-state index contributed by atoms with van der Waals surface area (Å²) in [6.45, 7) is 13.3. The highest BCUT2D eigenvalue weighted by molar-refractivity contribution is 5.68. The Bertz CT molecular complexity index is 377. The Kier molecular flexibility index (Phi) is 5.90. The number of nitrogens with one attached hydrogen (secondary N) is 1. The van der Waals surface area contributed by atoms with Crippen molar-refractivity contribution in [3.63, 3.8) is 0 Å².